The number of rotatable bonds is 6. The molecule has 0 aromatic rings. The minimum atomic E-state index is -2.96. The van der Waals surface area contributed by atoms with Crippen molar-refractivity contribution in [2.45, 2.75) is 0 Å². The fraction of sp³-hybridized carbons (Fsp3) is 0. The molecule has 23 heavy (non-hydrogen) atoms. The summed E-state index contributed by atoms with van der Waals surface area (Å²) in [5, 5.41) is 0. The molecule has 138 valence electrons. The van der Waals surface area contributed by atoms with Crippen LogP contribution in [-0.2, 0) is 114 Å². The predicted molar refractivity (Wildman–Crippen MR) is 56.8 cm³/mol. The Morgan fingerprint density at radius 1 is 0.391 bits per heavy atom. The molecular formula is Cr2O15S6. The van der Waals surface area contributed by atoms with Gasteiger partial charge >= 0.3 is 34.7 Å². The minimum absolute atomic E-state index is 0. The van der Waals surface area contributed by atoms with Crippen molar-refractivity contribution in [3.63, 3.8) is 0 Å². The maximum absolute atomic E-state index is 9.19. The topological polar surface area (TPSA) is 268 Å². The summed E-state index contributed by atoms with van der Waals surface area (Å²) < 4.78 is 120. The third-order valence-corrected chi connectivity index (χ3v) is 3.00. The molecule has 0 spiro atoms. The Morgan fingerprint density at radius 3 is 0.478 bits per heavy atom. The van der Waals surface area contributed by atoms with E-state index in [2.05, 4.69) is 10.9 Å². The van der Waals surface area contributed by atoms with Gasteiger partial charge in [0.2, 0.25) is 0 Å². The van der Waals surface area contributed by atoms with Crippen LogP contribution >= 0.6 is 0 Å². The van der Waals surface area contributed by atoms with E-state index in [1.807, 2.05) is 0 Å². The first-order valence-corrected chi connectivity index (χ1v) is 9.00. The summed E-state index contributed by atoms with van der Waals surface area (Å²) in [6.45, 7) is 0. The third-order valence-electron chi connectivity index (χ3n) is 0.333. The molecule has 15 nitrogen and oxygen atoms in total. The van der Waals surface area contributed by atoms with Crippen molar-refractivity contribution >= 4 is 68.2 Å². The average Bonchev–Trinajstić information content (AvgIpc) is 2.10. The van der Waals surface area contributed by atoms with Gasteiger partial charge in [0.15, 0.2) is 0 Å². The Kier molecular flexibility index (Phi) is 36.6. The standard InChI is InChI=1S/2Cr.3H2O5S2/c;;3*1-6(2)5-7(3)4/h;;3*(H,1,2)(H,3,4)/q2*+3;;;/p-6. The maximum atomic E-state index is 9.19. The van der Waals surface area contributed by atoms with Gasteiger partial charge in [-0.15, -0.1) is 0 Å². The van der Waals surface area contributed by atoms with Gasteiger partial charge in [0, 0.05) is 0 Å². The first-order valence-electron chi connectivity index (χ1n) is 3.00. The van der Waals surface area contributed by atoms with E-state index in [1.165, 1.54) is 0 Å². The predicted octanol–water partition coefficient (Wildman–Crippen LogP) is -4.23. The van der Waals surface area contributed by atoms with Crippen molar-refractivity contribution < 1.29 is 98.2 Å². The summed E-state index contributed by atoms with van der Waals surface area (Å²) in [5.41, 5.74) is 0. The number of hydrogen-bond acceptors (Lipinski definition) is 15. The van der Waals surface area contributed by atoms with Gasteiger partial charge in [-0.25, -0.2) is 36.1 Å². The summed E-state index contributed by atoms with van der Waals surface area (Å²) in [7, 11) is 0. The van der Waals surface area contributed by atoms with E-state index in [4.69, 9.17) is 0 Å². The summed E-state index contributed by atoms with van der Waals surface area (Å²) in [4.78, 5) is 0. The van der Waals surface area contributed by atoms with Crippen molar-refractivity contribution in [2.24, 2.45) is 0 Å². The van der Waals surface area contributed by atoms with Crippen LogP contribution in [-0.4, -0.2) is 52.6 Å². The molecule has 0 atom stereocenters. The molecule has 0 amide bonds. The summed E-state index contributed by atoms with van der Waals surface area (Å²) in [6, 6.07) is 0. The van der Waals surface area contributed by atoms with Crippen LogP contribution in [0.15, 0.2) is 0 Å². The average molecular weight is 536 g/mol. The van der Waals surface area contributed by atoms with E-state index in [0.717, 1.165) is 0 Å². The molecule has 0 aliphatic heterocycles. The molecule has 0 aromatic carbocycles. The largest absolute Gasteiger partial charge is 3.00 e. The SMILES string of the molecule is O=S([O-])OS(=O)[O-].O=S([O-])OS(=O)[O-].O=S([O-])OS(=O)[O-].[Cr+3].[Cr+3]. The van der Waals surface area contributed by atoms with E-state index in [1.54, 1.807) is 0 Å². The van der Waals surface area contributed by atoms with Crippen LogP contribution in [0, 0.1) is 0 Å². The van der Waals surface area contributed by atoms with Crippen LogP contribution in [0.2, 0.25) is 0 Å². The van der Waals surface area contributed by atoms with E-state index in [-0.39, 0.29) is 34.7 Å². The monoisotopic (exact) mass is 536 g/mol. The zero-order valence-corrected chi connectivity index (χ0v) is 16.8. The molecule has 0 bridgehead atoms. The Hall–Kier alpha value is 1.60. The smallest absolute Gasteiger partial charge is 0.749 e. The van der Waals surface area contributed by atoms with Crippen molar-refractivity contribution in [3.8, 4) is 0 Å². The normalized spacial score (nSPS) is 17.0. The molecule has 0 rings (SSSR count). The second-order valence-electron chi connectivity index (χ2n) is 1.43. The second kappa shape index (κ2) is 23.6. The third kappa shape index (κ3) is 59.5. The van der Waals surface area contributed by atoms with Crippen LogP contribution in [0.4, 0.5) is 0 Å². The quantitative estimate of drug-likeness (QED) is 0.291. The first kappa shape index (κ1) is 35.7. The molecule has 2 radical (unpaired) electrons. The van der Waals surface area contributed by atoms with Crippen LogP contribution in [0.3, 0.4) is 0 Å². The van der Waals surface area contributed by atoms with Gasteiger partial charge in [0.05, 0.1) is 68.2 Å². The fourth-order valence-corrected chi connectivity index (χ4v) is 1.22. The van der Waals surface area contributed by atoms with Crippen molar-refractivity contribution in [1.29, 1.82) is 0 Å². The first-order chi connectivity index (χ1) is 9.38. The van der Waals surface area contributed by atoms with E-state index < -0.39 is 68.2 Å². The second-order valence-corrected chi connectivity index (χ2v) is 5.51. The van der Waals surface area contributed by atoms with Gasteiger partial charge in [0.1, 0.15) is 0 Å². The van der Waals surface area contributed by atoms with Crippen LogP contribution in [0.5, 0.6) is 0 Å². The van der Waals surface area contributed by atoms with Gasteiger partial charge in [0.25, 0.3) is 0 Å². The fourth-order valence-electron chi connectivity index (χ4n) is 0.136. The van der Waals surface area contributed by atoms with Gasteiger partial charge in [-0.05, 0) is 0 Å². The molecule has 0 heterocycles. The van der Waals surface area contributed by atoms with Crippen LogP contribution in [0.25, 0.3) is 0 Å². The zero-order chi connectivity index (χ0) is 17.6. The number of hydrogen-bond donors (Lipinski definition) is 0. The van der Waals surface area contributed by atoms with Gasteiger partial charge < -0.3 is 27.3 Å². The van der Waals surface area contributed by atoms with Crippen molar-refractivity contribution in [3.05, 3.63) is 0 Å². The maximum Gasteiger partial charge on any atom is 3.00 e. The van der Waals surface area contributed by atoms with Crippen LogP contribution in [0.1, 0.15) is 0 Å². The molecule has 0 aromatic heterocycles. The Labute approximate surface area is 165 Å². The minimum Gasteiger partial charge on any atom is -0.749 e. The van der Waals surface area contributed by atoms with E-state index in [0.29, 0.717) is 0 Å². The molecule has 0 aliphatic rings. The van der Waals surface area contributed by atoms with Crippen LogP contribution < -0.4 is 0 Å². The van der Waals surface area contributed by atoms with Crippen molar-refractivity contribution in [1.82, 2.24) is 0 Å². The Balaban J connectivity index is -0.0000000675. The summed E-state index contributed by atoms with van der Waals surface area (Å²) in [5.74, 6) is 0. The molecule has 0 saturated heterocycles. The molecule has 0 aliphatic carbocycles. The van der Waals surface area contributed by atoms with E-state index in [9.17, 15) is 52.6 Å². The summed E-state index contributed by atoms with van der Waals surface area (Å²) in [6.07, 6.45) is 0. The molecular weight excluding hydrogens is 536 g/mol. The zero-order valence-electron chi connectivity index (χ0n) is 9.39. The summed E-state index contributed by atoms with van der Waals surface area (Å²) >= 11 is -17.7. The molecule has 0 fully saturated rings. The molecule has 0 N–H and O–H groups in total. The molecule has 0 unspecified atom stereocenters. The molecule has 23 heteroatoms. The van der Waals surface area contributed by atoms with Gasteiger partial charge in [-0.1, -0.05) is 0 Å². The Morgan fingerprint density at radius 2 is 0.478 bits per heavy atom. The van der Waals surface area contributed by atoms with E-state index >= 15 is 0 Å². The van der Waals surface area contributed by atoms with Gasteiger partial charge in [-0.2, -0.15) is 0 Å². The van der Waals surface area contributed by atoms with Crippen molar-refractivity contribution in [2.75, 3.05) is 0 Å². The van der Waals surface area contributed by atoms with Gasteiger partial charge in [-0.3, -0.25) is 0 Å². The molecule has 0 saturated carbocycles. The Bertz CT molecular complexity index is 318.